The average Bonchev–Trinajstić information content (AvgIpc) is 3.24. The van der Waals surface area contributed by atoms with Crippen LogP contribution in [0.2, 0.25) is 0 Å². The normalized spacial score (nSPS) is 14.3. The molecule has 0 radical (unpaired) electrons. The van der Waals surface area contributed by atoms with Crippen molar-refractivity contribution in [2.75, 3.05) is 10.7 Å². The fraction of sp³-hybridized carbons (Fsp3) is 0.462. The molecule has 1 aliphatic carbocycles. The second-order valence-corrected chi connectivity index (χ2v) is 4.84. The van der Waals surface area contributed by atoms with Crippen LogP contribution in [-0.4, -0.2) is 15.0 Å². The van der Waals surface area contributed by atoms with Crippen molar-refractivity contribution in [3.63, 3.8) is 0 Å². The molecule has 0 spiro atoms. The third kappa shape index (κ3) is 2.88. The second kappa shape index (κ2) is 5.46. The van der Waals surface area contributed by atoms with Gasteiger partial charge in [-0.2, -0.15) is 0 Å². The van der Waals surface area contributed by atoms with E-state index in [1.807, 2.05) is 6.92 Å². The molecule has 1 aliphatic rings. The van der Waals surface area contributed by atoms with E-state index in [1.165, 1.54) is 0 Å². The summed E-state index contributed by atoms with van der Waals surface area (Å²) >= 11 is 0. The van der Waals surface area contributed by atoms with E-state index in [4.69, 9.17) is 10.3 Å². The first kappa shape index (κ1) is 12.9. The van der Waals surface area contributed by atoms with Gasteiger partial charge in [0, 0.05) is 18.4 Å². The topological polar surface area (TPSA) is 102 Å². The Bertz CT molecular complexity index is 592. The largest absolute Gasteiger partial charge is 0.444 e. The van der Waals surface area contributed by atoms with Crippen LogP contribution in [0.3, 0.4) is 0 Å². The summed E-state index contributed by atoms with van der Waals surface area (Å²) in [6.45, 7) is 2.52. The van der Waals surface area contributed by atoms with Crippen molar-refractivity contribution in [3.8, 4) is 0 Å². The lowest BCUT2D eigenvalue weighted by molar-refractivity contribution is 0.465. The van der Waals surface area contributed by atoms with Crippen LogP contribution in [0.15, 0.2) is 16.7 Å². The zero-order valence-corrected chi connectivity index (χ0v) is 11.4. The molecule has 2 aromatic heterocycles. The lowest BCUT2D eigenvalue weighted by atomic mass is 10.3. The fourth-order valence-electron chi connectivity index (χ4n) is 1.91. The molecule has 2 heterocycles. The number of hydrogen-bond acceptors (Lipinski definition) is 7. The first-order chi connectivity index (χ1) is 9.78. The van der Waals surface area contributed by atoms with Crippen molar-refractivity contribution in [1.29, 1.82) is 0 Å². The van der Waals surface area contributed by atoms with Gasteiger partial charge in [0.05, 0.1) is 12.7 Å². The predicted molar refractivity (Wildman–Crippen MR) is 75.0 cm³/mol. The third-order valence-electron chi connectivity index (χ3n) is 3.20. The molecule has 0 bridgehead atoms. The van der Waals surface area contributed by atoms with Crippen molar-refractivity contribution in [3.05, 3.63) is 29.7 Å². The van der Waals surface area contributed by atoms with Gasteiger partial charge in [-0.1, -0.05) is 6.92 Å². The minimum absolute atomic E-state index is 0.470. The quantitative estimate of drug-likeness (QED) is 0.545. The van der Waals surface area contributed by atoms with Gasteiger partial charge in [0.2, 0.25) is 5.89 Å². The number of hydrogen-bond donors (Lipinski definition) is 3. The minimum atomic E-state index is 0.470. The first-order valence-electron chi connectivity index (χ1n) is 6.81. The molecule has 7 heteroatoms. The number of hydrazine groups is 1. The van der Waals surface area contributed by atoms with E-state index in [9.17, 15) is 0 Å². The second-order valence-electron chi connectivity index (χ2n) is 4.84. The maximum Gasteiger partial charge on any atom is 0.213 e. The Morgan fingerprint density at radius 3 is 2.80 bits per heavy atom. The highest BCUT2D eigenvalue weighted by molar-refractivity contribution is 5.47. The van der Waals surface area contributed by atoms with E-state index in [1.54, 1.807) is 12.3 Å². The van der Waals surface area contributed by atoms with Crippen LogP contribution >= 0.6 is 0 Å². The monoisotopic (exact) mass is 274 g/mol. The molecule has 7 nitrogen and oxygen atoms in total. The molecule has 1 fully saturated rings. The van der Waals surface area contributed by atoms with Crippen LogP contribution < -0.4 is 16.6 Å². The predicted octanol–water partition coefficient (Wildman–Crippen LogP) is 1.80. The third-order valence-corrected chi connectivity index (χ3v) is 3.20. The molecule has 1 saturated carbocycles. The van der Waals surface area contributed by atoms with E-state index >= 15 is 0 Å². The van der Waals surface area contributed by atoms with Crippen LogP contribution in [0.4, 0.5) is 11.6 Å². The highest BCUT2D eigenvalue weighted by Crippen LogP contribution is 2.38. The summed E-state index contributed by atoms with van der Waals surface area (Å²) in [5.74, 6) is 9.62. The summed E-state index contributed by atoms with van der Waals surface area (Å²) in [5.41, 5.74) is 2.57. The number of nitrogen functional groups attached to an aromatic ring is 1. The standard InChI is InChI=1S/C13H18N6O/c1-2-9-6-16-12(20-9)7-15-10-5-11(19-14)18-13(17-10)8-3-4-8/h5-6,8H,2-4,7,14H2,1H3,(H2,15,17,18,19). The van der Waals surface area contributed by atoms with Crippen molar-refractivity contribution in [2.24, 2.45) is 5.84 Å². The molecular weight excluding hydrogens is 256 g/mol. The Balaban J connectivity index is 1.71. The van der Waals surface area contributed by atoms with Gasteiger partial charge in [-0.15, -0.1) is 0 Å². The number of rotatable bonds is 6. The molecule has 4 N–H and O–H groups in total. The number of nitrogens with two attached hydrogens (primary N) is 1. The molecule has 0 atom stereocenters. The molecule has 2 aromatic rings. The summed E-state index contributed by atoms with van der Waals surface area (Å²) in [4.78, 5) is 13.1. The number of aryl methyl sites for hydroxylation is 1. The van der Waals surface area contributed by atoms with E-state index in [0.717, 1.165) is 36.7 Å². The molecule has 0 unspecified atom stereocenters. The Morgan fingerprint density at radius 1 is 1.35 bits per heavy atom. The zero-order chi connectivity index (χ0) is 13.9. The van der Waals surface area contributed by atoms with Crippen LogP contribution in [-0.2, 0) is 13.0 Å². The summed E-state index contributed by atoms with van der Waals surface area (Å²) in [7, 11) is 0. The van der Waals surface area contributed by atoms with Gasteiger partial charge in [0.1, 0.15) is 23.2 Å². The molecule has 0 aromatic carbocycles. The number of aromatic nitrogens is 3. The lowest BCUT2D eigenvalue weighted by Crippen LogP contribution is -2.12. The Labute approximate surface area is 117 Å². The Morgan fingerprint density at radius 2 is 2.15 bits per heavy atom. The highest BCUT2D eigenvalue weighted by atomic mass is 16.4. The highest BCUT2D eigenvalue weighted by Gasteiger charge is 2.27. The van der Waals surface area contributed by atoms with Crippen molar-refractivity contribution in [1.82, 2.24) is 15.0 Å². The van der Waals surface area contributed by atoms with Gasteiger partial charge >= 0.3 is 0 Å². The van der Waals surface area contributed by atoms with Gasteiger partial charge < -0.3 is 15.2 Å². The molecule has 0 aliphatic heterocycles. The average molecular weight is 274 g/mol. The van der Waals surface area contributed by atoms with Gasteiger partial charge in [0.15, 0.2) is 0 Å². The van der Waals surface area contributed by atoms with Crippen LogP contribution in [0.5, 0.6) is 0 Å². The smallest absolute Gasteiger partial charge is 0.213 e. The van der Waals surface area contributed by atoms with Crippen molar-refractivity contribution < 1.29 is 4.42 Å². The molecular formula is C13H18N6O. The zero-order valence-electron chi connectivity index (χ0n) is 11.4. The maximum absolute atomic E-state index is 5.54. The van der Waals surface area contributed by atoms with Crippen LogP contribution in [0.25, 0.3) is 0 Å². The van der Waals surface area contributed by atoms with E-state index in [0.29, 0.717) is 24.2 Å². The van der Waals surface area contributed by atoms with E-state index in [-0.39, 0.29) is 0 Å². The molecule has 106 valence electrons. The number of anilines is 2. The molecule has 0 saturated heterocycles. The summed E-state index contributed by atoms with van der Waals surface area (Å²) in [6.07, 6.45) is 4.88. The number of nitrogens with zero attached hydrogens (tertiary/aromatic N) is 3. The van der Waals surface area contributed by atoms with Crippen LogP contribution in [0, 0.1) is 0 Å². The molecule has 0 amide bonds. The molecule has 20 heavy (non-hydrogen) atoms. The van der Waals surface area contributed by atoms with Gasteiger partial charge in [-0.3, -0.25) is 0 Å². The van der Waals surface area contributed by atoms with Crippen molar-refractivity contribution in [2.45, 2.75) is 38.6 Å². The van der Waals surface area contributed by atoms with E-state index in [2.05, 4.69) is 25.7 Å². The Hall–Kier alpha value is -2.15. The summed E-state index contributed by atoms with van der Waals surface area (Å²) in [6, 6.07) is 1.77. The van der Waals surface area contributed by atoms with Gasteiger partial charge in [0.25, 0.3) is 0 Å². The Kier molecular flexibility index (Phi) is 3.51. The summed E-state index contributed by atoms with van der Waals surface area (Å²) < 4.78 is 5.54. The van der Waals surface area contributed by atoms with Crippen LogP contribution in [0.1, 0.15) is 43.2 Å². The first-order valence-corrected chi connectivity index (χ1v) is 6.81. The summed E-state index contributed by atoms with van der Waals surface area (Å²) in [5, 5.41) is 3.19. The lowest BCUT2D eigenvalue weighted by Gasteiger charge is -2.08. The fourth-order valence-corrected chi connectivity index (χ4v) is 1.91. The van der Waals surface area contributed by atoms with Gasteiger partial charge in [-0.05, 0) is 12.8 Å². The van der Waals surface area contributed by atoms with Gasteiger partial charge in [-0.25, -0.2) is 20.8 Å². The number of nitrogens with one attached hydrogen (secondary N) is 2. The van der Waals surface area contributed by atoms with Crippen molar-refractivity contribution >= 4 is 11.6 Å². The van der Waals surface area contributed by atoms with E-state index < -0.39 is 0 Å². The molecule has 3 rings (SSSR count). The SMILES string of the molecule is CCc1cnc(CNc2cc(NN)nc(C3CC3)n2)o1. The minimum Gasteiger partial charge on any atom is -0.444 e. The maximum atomic E-state index is 5.54. The number of oxazole rings is 1.